The number of hydrogen-bond donors (Lipinski definition) is 0. The van der Waals surface area contributed by atoms with Crippen molar-refractivity contribution in [3.63, 3.8) is 0 Å². The van der Waals surface area contributed by atoms with Gasteiger partial charge in [0, 0.05) is 9.79 Å². The standard InChI is InChI=1S/C22H38S2/c1-4-7-10-12-15-23-21-17-20(14-9-6-3)18-22(19-21)24-16-13-11-8-5-2/h17-19H,4-16H2,1-3H3. The van der Waals surface area contributed by atoms with Crippen LogP contribution in [0.2, 0.25) is 0 Å². The molecule has 0 aliphatic heterocycles. The minimum Gasteiger partial charge on any atom is -0.126 e. The van der Waals surface area contributed by atoms with Gasteiger partial charge >= 0.3 is 0 Å². The molecule has 1 aromatic rings. The summed E-state index contributed by atoms with van der Waals surface area (Å²) in [5.41, 5.74) is 1.55. The highest BCUT2D eigenvalue weighted by Gasteiger charge is 2.03. The van der Waals surface area contributed by atoms with Crippen molar-refractivity contribution in [3.05, 3.63) is 23.8 Å². The van der Waals surface area contributed by atoms with E-state index in [0.717, 1.165) is 0 Å². The van der Waals surface area contributed by atoms with Crippen molar-refractivity contribution in [2.75, 3.05) is 11.5 Å². The summed E-state index contributed by atoms with van der Waals surface area (Å²) in [4.78, 5) is 2.99. The molecule has 0 aliphatic carbocycles. The molecule has 0 unspecified atom stereocenters. The second-order valence-corrected chi connectivity index (χ2v) is 9.07. The first-order chi connectivity index (χ1) is 11.8. The van der Waals surface area contributed by atoms with Crippen molar-refractivity contribution in [3.8, 4) is 0 Å². The van der Waals surface area contributed by atoms with E-state index in [1.165, 1.54) is 91.9 Å². The van der Waals surface area contributed by atoms with Crippen LogP contribution in [0.1, 0.15) is 90.5 Å². The zero-order valence-electron chi connectivity index (χ0n) is 16.2. The Kier molecular flexibility index (Phi) is 13.9. The van der Waals surface area contributed by atoms with Gasteiger partial charge in [0.25, 0.3) is 0 Å². The molecule has 0 nitrogen and oxygen atoms in total. The fourth-order valence-electron chi connectivity index (χ4n) is 2.76. The predicted molar refractivity (Wildman–Crippen MR) is 115 cm³/mol. The highest BCUT2D eigenvalue weighted by atomic mass is 32.2. The van der Waals surface area contributed by atoms with Crippen LogP contribution in [0.3, 0.4) is 0 Å². The summed E-state index contributed by atoms with van der Waals surface area (Å²) in [5, 5.41) is 0. The van der Waals surface area contributed by atoms with E-state index in [2.05, 4.69) is 62.5 Å². The Morgan fingerprint density at radius 3 is 1.54 bits per heavy atom. The molecule has 0 aliphatic rings. The van der Waals surface area contributed by atoms with Crippen LogP contribution in [0.25, 0.3) is 0 Å². The molecule has 0 fully saturated rings. The van der Waals surface area contributed by atoms with Gasteiger partial charge in [-0.2, -0.15) is 0 Å². The smallest absolute Gasteiger partial charge is 0.00858 e. The number of hydrogen-bond acceptors (Lipinski definition) is 2. The van der Waals surface area contributed by atoms with Crippen molar-refractivity contribution in [2.24, 2.45) is 0 Å². The Morgan fingerprint density at radius 2 is 1.08 bits per heavy atom. The van der Waals surface area contributed by atoms with E-state index >= 15 is 0 Å². The van der Waals surface area contributed by atoms with Gasteiger partial charge < -0.3 is 0 Å². The third-order valence-electron chi connectivity index (χ3n) is 4.29. The number of benzene rings is 1. The lowest BCUT2D eigenvalue weighted by molar-refractivity contribution is 0.706. The number of aryl methyl sites for hydroxylation is 1. The van der Waals surface area contributed by atoms with Gasteiger partial charge in [-0.25, -0.2) is 0 Å². The molecule has 0 amide bonds. The zero-order valence-corrected chi connectivity index (χ0v) is 17.9. The van der Waals surface area contributed by atoms with Crippen LogP contribution < -0.4 is 0 Å². The molecule has 0 atom stereocenters. The van der Waals surface area contributed by atoms with Gasteiger partial charge in [-0.05, 0) is 61.0 Å². The Bertz CT molecular complexity index is 382. The van der Waals surface area contributed by atoms with Crippen molar-refractivity contribution in [1.29, 1.82) is 0 Å². The van der Waals surface area contributed by atoms with Gasteiger partial charge in [0.15, 0.2) is 0 Å². The van der Waals surface area contributed by atoms with Gasteiger partial charge in [-0.15, -0.1) is 23.5 Å². The summed E-state index contributed by atoms with van der Waals surface area (Å²) in [6.07, 6.45) is 14.8. The first-order valence-corrected chi connectivity index (χ1v) is 12.2. The molecule has 0 saturated carbocycles. The van der Waals surface area contributed by atoms with E-state index in [1.54, 1.807) is 5.56 Å². The predicted octanol–water partition coefficient (Wildman–Crippen LogP) is 8.37. The molecule has 0 radical (unpaired) electrons. The van der Waals surface area contributed by atoms with Crippen LogP contribution in [0.15, 0.2) is 28.0 Å². The van der Waals surface area contributed by atoms with Crippen LogP contribution in [-0.2, 0) is 6.42 Å². The number of rotatable bonds is 15. The molecule has 0 N–H and O–H groups in total. The minimum atomic E-state index is 1.24. The second kappa shape index (κ2) is 15.2. The fourth-order valence-corrected chi connectivity index (χ4v) is 4.89. The van der Waals surface area contributed by atoms with Crippen molar-refractivity contribution < 1.29 is 0 Å². The van der Waals surface area contributed by atoms with Crippen molar-refractivity contribution in [1.82, 2.24) is 0 Å². The maximum atomic E-state index is 2.45. The van der Waals surface area contributed by atoms with E-state index in [-0.39, 0.29) is 0 Å². The molecule has 24 heavy (non-hydrogen) atoms. The molecule has 1 aromatic carbocycles. The largest absolute Gasteiger partial charge is 0.126 e. The first kappa shape index (κ1) is 22.0. The van der Waals surface area contributed by atoms with E-state index in [1.807, 2.05) is 0 Å². The second-order valence-electron chi connectivity index (χ2n) is 6.73. The fraction of sp³-hybridized carbons (Fsp3) is 0.727. The Labute approximate surface area is 160 Å². The highest BCUT2D eigenvalue weighted by molar-refractivity contribution is 8.00. The molecular formula is C22H38S2. The van der Waals surface area contributed by atoms with E-state index < -0.39 is 0 Å². The zero-order chi connectivity index (χ0) is 17.5. The van der Waals surface area contributed by atoms with Crippen molar-refractivity contribution in [2.45, 2.75) is 101 Å². The SMILES string of the molecule is CCCCCCSc1cc(CCCC)cc(SCCCCCC)c1. The number of unbranched alkanes of at least 4 members (excludes halogenated alkanes) is 7. The maximum Gasteiger partial charge on any atom is 0.00858 e. The molecular weight excluding hydrogens is 328 g/mol. The van der Waals surface area contributed by atoms with Gasteiger partial charge in [-0.3, -0.25) is 0 Å². The normalized spacial score (nSPS) is 11.1. The molecule has 0 heterocycles. The molecule has 2 heteroatoms. The van der Waals surface area contributed by atoms with Crippen LogP contribution in [0, 0.1) is 0 Å². The average molecular weight is 367 g/mol. The monoisotopic (exact) mass is 366 g/mol. The summed E-state index contributed by atoms with van der Waals surface area (Å²) in [6.45, 7) is 6.86. The van der Waals surface area contributed by atoms with Crippen LogP contribution in [-0.4, -0.2) is 11.5 Å². The van der Waals surface area contributed by atoms with Gasteiger partial charge in [0.05, 0.1) is 0 Å². The molecule has 0 spiro atoms. The van der Waals surface area contributed by atoms with E-state index in [0.29, 0.717) is 0 Å². The van der Waals surface area contributed by atoms with E-state index in [9.17, 15) is 0 Å². The summed E-state index contributed by atoms with van der Waals surface area (Å²) < 4.78 is 0. The van der Waals surface area contributed by atoms with E-state index in [4.69, 9.17) is 0 Å². The quantitative estimate of drug-likeness (QED) is 0.226. The van der Waals surface area contributed by atoms with Crippen LogP contribution >= 0.6 is 23.5 Å². The summed E-state index contributed by atoms with van der Waals surface area (Å²) >= 11 is 4.13. The summed E-state index contributed by atoms with van der Waals surface area (Å²) in [6, 6.07) is 7.33. The van der Waals surface area contributed by atoms with Gasteiger partial charge in [0.1, 0.15) is 0 Å². The lowest BCUT2D eigenvalue weighted by Gasteiger charge is -2.10. The third-order valence-corrected chi connectivity index (χ3v) is 6.42. The third kappa shape index (κ3) is 10.7. The number of thioether (sulfide) groups is 2. The molecule has 0 aromatic heterocycles. The lowest BCUT2D eigenvalue weighted by Crippen LogP contribution is -1.90. The Morgan fingerprint density at radius 1 is 0.583 bits per heavy atom. The molecule has 138 valence electrons. The van der Waals surface area contributed by atoms with Crippen LogP contribution in [0.5, 0.6) is 0 Å². The minimum absolute atomic E-state index is 1.24. The topological polar surface area (TPSA) is 0 Å². The lowest BCUT2D eigenvalue weighted by atomic mass is 10.1. The summed E-state index contributed by atoms with van der Waals surface area (Å²) in [5.74, 6) is 2.55. The van der Waals surface area contributed by atoms with Gasteiger partial charge in [-0.1, -0.05) is 65.7 Å². The Hall–Kier alpha value is -0.0800. The molecule has 0 saturated heterocycles. The average Bonchev–Trinajstić information content (AvgIpc) is 2.59. The maximum absolute atomic E-state index is 2.45. The highest BCUT2D eigenvalue weighted by Crippen LogP contribution is 2.29. The molecule has 1 rings (SSSR count). The molecule has 0 bridgehead atoms. The first-order valence-electron chi connectivity index (χ1n) is 10.2. The summed E-state index contributed by atoms with van der Waals surface area (Å²) in [7, 11) is 0. The van der Waals surface area contributed by atoms with Gasteiger partial charge in [0.2, 0.25) is 0 Å². The van der Waals surface area contributed by atoms with Crippen molar-refractivity contribution >= 4 is 23.5 Å². The van der Waals surface area contributed by atoms with Crippen LogP contribution in [0.4, 0.5) is 0 Å². The Balaban J connectivity index is 2.52.